The number of amides is 1. The first-order valence-corrected chi connectivity index (χ1v) is 4.25. The predicted molar refractivity (Wildman–Crippen MR) is 47.2 cm³/mol. The number of nitrogens with two attached hydrogens (primary N) is 2. The van der Waals surface area contributed by atoms with Crippen molar-refractivity contribution in [3.63, 3.8) is 0 Å². The highest BCUT2D eigenvalue weighted by Crippen LogP contribution is 2.06. The zero-order valence-electron chi connectivity index (χ0n) is 7.58. The average molecular weight is 174 g/mol. The zero-order chi connectivity index (χ0) is 9.40. The molecule has 0 saturated carbocycles. The molecule has 0 aromatic carbocycles. The minimum absolute atomic E-state index is 0.0251. The first kappa shape index (κ1) is 11.4. The van der Waals surface area contributed by atoms with Crippen LogP contribution < -0.4 is 11.5 Å². The van der Waals surface area contributed by atoms with E-state index in [1.54, 1.807) is 0 Å². The monoisotopic (exact) mass is 174 g/mol. The smallest absolute Gasteiger partial charge is 0.220 e. The van der Waals surface area contributed by atoms with Crippen LogP contribution in [0.3, 0.4) is 0 Å². The van der Waals surface area contributed by atoms with E-state index in [9.17, 15) is 4.79 Å². The van der Waals surface area contributed by atoms with Crippen molar-refractivity contribution < 1.29 is 9.53 Å². The summed E-state index contributed by atoms with van der Waals surface area (Å²) in [4.78, 5) is 10.6. The third-order valence-electron chi connectivity index (χ3n) is 1.78. The second-order valence-electron chi connectivity index (χ2n) is 2.87. The molecule has 0 fully saturated rings. The van der Waals surface area contributed by atoms with Gasteiger partial charge in [0.1, 0.15) is 0 Å². The standard InChI is InChI=1S/C8H18N2O2/c1-7(8(10)11)4-2-3-5-12-6-9/h7H,2-6,9H2,1H3,(H2,10,11)/t7-/m1/s1. The number of hydrogen-bond acceptors (Lipinski definition) is 3. The molecule has 0 bridgehead atoms. The first-order valence-electron chi connectivity index (χ1n) is 4.25. The van der Waals surface area contributed by atoms with Crippen LogP contribution in [0, 0.1) is 5.92 Å². The molecule has 4 nitrogen and oxygen atoms in total. The largest absolute Gasteiger partial charge is 0.369 e. The summed E-state index contributed by atoms with van der Waals surface area (Å²) in [6, 6.07) is 0. The number of unbranched alkanes of at least 4 members (excludes halogenated alkanes) is 1. The van der Waals surface area contributed by atoms with Crippen molar-refractivity contribution in [1.82, 2.24) is 0 Å². The van der Waals surface area contributed by atoms with E-state index < -0.39 is 0 Å². The maximum Gasteiger partial charge on any atom is 0.220 e. The number of primary amides is 1. The third-order valence-corrected chi connectivity index (χ3v) is 1.78. The third kappa shape index (κ3) is 6.12. The lowest BCUT2D eigenvalue weighted by Crippen LogP contribution is -2.20. The van der Waals surface area contributed by atoms with Gasteiger partial charge in [-0.25, -0.2) is 0 Å². The van der Waals surface area contributed by atoms with Crippen molar-refractivity contribution in [2.75, 3.05) is 13.3 Å². The number of carbonyl (C=O) groups is 1. The molecule has 0 radical (unpaired) electrons. The lowest BCUT2D eigenvalue weighted by Gasteiger charge is -2.05. The predicted octanol–water partition coefficient (Wildman–Crippen LogP) is 0.211. The van der Waals surface area contributed by atoms with E-state index in [0.29, 0.717) is 6.61 Å². The van der Waals surface area contributed by atoms with Crippen molar-refractivity contribution in [2.24, 2.45) is 17.4 Å². The van der Waals surface area contributed by atoms with E-state index in [4.69, 9.17) is 16.2 Å². The molecule has 0 rings (SSSR count). The molecular weight excluding hydrogens is 156 g/mol. The van der Waals surface area contributed by atoms with Gasteiger partial charge in [-0.15, -0.1) is 0 Å². The lowest BCUT2D eigenvalue weighted by atomic mass is 10.0. The van der Waals surface area contributed by atoms with Crippen LogP contribution in [0.5, 0.6) is 0 Å². The van der Waals surface area contributed by atoms with Crippen LogP contribution >= 0.6 is 0 Å². The van der Waals surface area contributed by atoms with Gasteiger partial charge in [-0.2, -0.15) is 0 Å². The lowest BCUT2D eigenvalue weighted by molar-refractivity contribution is -0.121. The zero-order valence-corrected chi connectivity index (χ0v) is 7.58. The highest BCUT2D eigenvalue weighted by molar-refractivity contribution is 5.76. The van der Waals surface area contributed by atoms with Crippen LogP contribution in [0.15, 0.2) is 0 Å². The summed E-state index contributed by atoms with van der Waals surface area (Å²) >= 11 is 0. The molecule has 0 unspecified atom stereocenters. The highest BCUT2D eigenvalue weighted by atomic mass is 16.5. The van der Waals surface area contributed by atoms with E-state index in [1.165, 1.54) is 0 Å². The Bertz CT molecular complexity index is 128. The van der Waals surface area contributed by atoms with E-state index in [2.05, 4.69) is 0 Å². The minimum atomic E-state index is -0.227. The Hall–Kier alpha value is -0.610. The maximum absolute atomic E-state index is 10.6. The van der Waals surface area contributed by atoms with Gasteiger partial charge < -0.3 is 16.2 Å². The summed E-state index contributed by atoms with van der Waals surface area (Å²) < 4.78 is 4.94. The molecule has 0 aliphatic carbocycles. The Morgan fingerprint density at radius 2 is 2.17 bits per heavy atom. The topological polar surface area (TPSA) is 78.3 Å². The van der Waals surface area contributed by atoms with Crippen molar-refractivity contribution in [3.05, 3.63) is 0 Å². The Morgan fingerprint density at radius 3 is 2.67 bits per heavy atom. The number of carbonyl (C=O) groups excluding carboxylic acids is 1. The van der Waals surface area contributed by atoms with Gasteiger partial charge in [-0.1, -0.05) is 13.3 Å². The molecule has 0 spiro atoms. The van der Waals surface area contributed by atoms with Gasteiger partial charge in [0.05, 0.1) is 6.73 Å². The Kier molecular flexibility index (Phi) is 6.70. The van der Waals surface area contributed by atoms with Crippen LogP contribution in [0.1, 0.15) is 26.2 Å². The summed E-state index contributed by atoms with van der Waals surface area (Å²) in [5.41, 5.74) is 10.2. The molecular formula is C8H18N2O2. The summed E-state index contributed by atoms with van der Waals surface area (Å²) in [6.45, 7) is 2.78. The van der Waals surface area contributed by atoms with E-state index in [-0.39, 0.29) is 18.6 Å². The SMILES string of the molecule is C[C@H](CCCCOCN)C(N)=O. The van der Waals surface area contributed by atoms with Crippen LogP contribution in [0.2, 0.25) is 0 Å². The van der Waals surface area contributed by atoms with Crippen molar-refractivity contribution >= 4 is 5.91 Å². The fourth-order valence-electron chi connectivity index (χ4n) is 0.880. The fraction of sp³-hybridized carbons (Fsp3) is 0.875. The Labute approximate surface area is 73.2 Å². The second kappa shape index (κ2) is 7.06. The van der Waals surface area contributed by atoms with E-state index in [0.717, 1.165) is 19.3 Å². The molecule has 0 saturated heterocycles. The Morgan fingerprint density at radius 1 is 1.50 bits per heavy atom. The summed E-state index contributed by atoms with van der Waals surface area (Å²) in [5, 5.41) is 0. The molecule has 0 aromatic heterocycles. The maximum atomic E-state index is 10.6. The van der Waals surface area contributed by atoms with Crippen LogP contribution in [0.4, 0.5) is 0 Å². The molecule has 0 heterocycles. The van der Waals surface area contributed by atoms with Crippen LogP contribution in [-0.4, -0.2) is 19.2 Å². The van der Waals surface area contributed by atoms with Crippen LogP contribution in [0.25, 0.3) is 0 Å². The first-order chi connectivity index (χ1) is 5.68. The van der Waals surface area contributed by atoms with Crippen molar-refractivity contribution in [2.45, 2.75) is 26.2 Å². The molecule has 4 heteroatoms. The van der Waals surface area contributed by atoms with Gasteiger partial charge in [0.2, 0.25) is 5.91 Å². The normalized spacial score (nSPS) is 12.8. The fourth-order valence-corrected chi connectivity index (χ4v) is 0.880. The second-order valence-corrected chi connectivity index (χ2v) is 2.87. The molecule has 12 heavy (non-hydrogen) atoms. The van der Waals surface area contributed by atoms with Gasteiger partial charge >= 0.3 is 0 Å². The quantitative estimate of drug-likeness (QED) is 0.428. The van der Waals surface area contributed by atoms with Gasteiger partial charge in [-0.3, -0.25) is 4.79 Å². The van der Waals surface area contributed by atoms with Crippen LogP contribution in [-0.2, 0) is 9.53 Å². The van der Waals surface area contributed by atoms with Gasteiger partial charge in [0, 0.05) is 12.5 Å². The van der Waals surface area contributed by atoms with E-state index in [1.807, 2.05) is 6.92 Å². The summed E-state index contributed by atoms with van der Waals surface area (Å²) in [6.07, 6.45) is 2.74. The van der Waals surface area contributed by atoms with Gasteiger partial charge in [0.25, 0.3) is 0 Å². The molecule has 1 atom stereocenters. The number of hydrogen-bond donors (Lipinski definition) is 2. The summed E-state index contributed by atoms with van der Waals surface area (Å²) in [7, 11) is 0. The van der Waals surface area contributed by atoms with Crippen molar-refractivity contribution in [1.29, 1.82) is 0 Å². The van der Waals surface area contributed by atoms with E-state index >= 15 is 0 Å². The summed E-state index contributed by atoms with van der Waals surface area (Å²) in [5.74, 6) is -0.252. The molecule has 4 N–H and O–H groups in total. The van der Waals surface area contributed by atoms with Gasteiger partial charge in [0.15, 0.2) is 0 Å². The molecule has 72 valence electrons. The minimum Gasteiger partial charge on any atom is -0.369 e. The number of ether oxygens (including phenoxy) is 1. The molecule has 0 aromatic rings. The molecule has 0 aliphatic rings. The number of rotatable bonds is 7. The highest BCUT2D eigenvalue weighted by Gasteiger charge is 2.06. The van der Waals surface area contributed by atoms with Gasteiger partial charge in [-0.05, 0) is 12.8 Å². The average Bonchev–Trinajstić information content (AvgIpc) is 2.03. The Balaban J connectivity index is 3.14. The molecule has 1 amide bonds. The molecule has 0 aliphatic heterocycles. The van der Waals surface area contributed by atoms with Crippen molar-refractivity contribution in [3.8, 4) is 0 Å².